The minimum Gasteiger partial charge on any atom is -0.348 e. The molecule has 1 unspecified atom stereocenters. The maximum atomic E-state index is 12.4. The number of amides is 2. The lowest BCUT2D eigenvalue weighted by Gasteiger charge is -2.15. The van der Waals surface area contributed by atoms with E-state index in [-0.39, 0.29) is 24.4 Å². The molecule has 1 atom stereocenters. The largest absolute Gasteiger partial charge is 0.348 e. The molecular weight excluding hydrogens is 350 g/mol. The summed E-state index contributed by atoms with van der Waals surface area (Å²) >= 11 is 0. The van der Waals surface area contributed by atoms with Crippen LogP contribution in [0.3, 0.4) is 0 Å². The number of aromatic nitrogens is 1. The Balaban J connectivity index is 1.40. The molecule has 0 radical (unpaired) electrons. The molecule has 1 heterocycles. The van der Waals surface area contributed by atoms with Gasteiger partial charge in [-0.3, -0.25) is 14.6 Å². The Labute approximate surface area is 163 Å². The molecule has 28 heavy (non-hydrogen) atoms. The fourth-order valence-electron chi connectivity index (χ4n) is 3.57. The van der Waals surface area contributed by atoms with Crippen molar-refractivity contribution >= 4 is 11.8 Å². The highest BCUT2D eigenvalue weighted by atomic mass is 16.2. The summed E-state index contributed by atoms with van der Waals surface area (Å²) in [5.41, 5.74) is 5.22. The quantitative estimate of drug-likeness (QED) is 0.723. The molecule has 140 valence electrons. The fourth-order valence-corrected chi connectivity index (χ4v) is 3.57. The van der Waals surface area contributed by atoms with Gasteiger partial charge in [0.05, 0.1) is 12.6 Å². The molecule has 0 saturated carbocycles. The second-order valence-corrected chi connectivity index (χ2v) is 6.86. The van der Waals surface area contributed by atoms with Gasteiger partial charge in [0.15, 0.2) is 0 Å². The van der Waals surface area contributed by atoms with Gasteiger partial charge in [-0.1, -0.05) is 42.5 Å². The molecule has 0 fully saturated rings. The zero-order valence-electron chi connectivity index (χ0n) is 15.4. The van der Waals surface area contributed by atoms with E-state index >= 15 is 0 Å². The van der Waals surface area contributed by atoms with Crippen molar-refractivity contribution in [3.05, 3.63) is 89.7 Å². The summed E-state index contributed by atoms with van der Waals surface area (Å²) in [6.07, 6.45) is 4.92. The Hall–Kier alpha value is -3.47. The number of fused-ring (bicyclic) bond motifs is 1. The number of nitrogens with zero attached hydrogens (tertiary/aromatic N) is 1. The van der Waals surface area contributed by atoms with Gasteiger partial charge in [-0.05, 0) is 53.3 Å². The predicted molar refractivity (Wildman–Crippen MR) is 108 cm³/mol. The van der Waals surface area contributed by atoms with Crippen LogP contribution in [0.2, 0.25) is 0 Å². The van der Waals surface area contributed by atoms with Crippen molar-refractivity contribution in [3.8, 4) is 11.1 Å². The highest BCUT2D eigenvalue weighted by Crippen LogP contribution is 2.34. The number of hydrogen-bond acceptors (Lipinski definition) is 3. The number of hydrogen-bond donors (Lipinski definition) is 2. The minimum atomic E-state index is -0.282. The minimum absolute atomic E-state index is 0.0241. The molecule has 2 aromatic carbocycles. The van der Waals surface area contributed by atoms with Gasteiger partial charge in [-0.15, -0.1) is 0 Å². The summed E-state index contributed by atoms with van der Waals surface area (Å²) in [6, 6.07) is 19.9. The van der Waals surface area contributed by atoms with Gasteiger partial charge in [0.25, 0.3) is 5.91 Å². The molecule has 0 spiro atoms. The number of carbonyl (C=O) groups excluding carboxylic acids is 2. The monoisotopic (exact) mass is 371 g/mol. The molecule has 0 aliphatic heterocycles. The van der Waals surface area contributed by atoms with Gasteiger partial charge >= 0.3 is 0 Å². The van der Waals surface area contributed by atoms with Crippen molar-refractivity contribution in [2.24, 2.45) is 0 Å². The molecule has 2 amide bonds. The lowest BCUT2D eigenvalue weighted by molar-refractivity contribution is -0.120. The van der Waals surface area contributed by atoms with E-state index in [1.165, 1.54) is 5.56 Å². The summed E-state index contributed by atoms with van der Waals surface area (Å²) in [5.74, 6) is -0.471. The Kier molecular flexibility index (Phi) is 5.15. The Morgan fingerprint density at radius 1 is 0.964 bits per heavy atom. The Morgan fingerprint density at radius 3 is 2.54 bits per heavy atom. The second-order valence-electron chi connectivity index (χ2n) is 6.86. The van der Waals surface area contributed by atoms with Gasteiger partial charge in [0, 0.05) is 18.0 Å². The van der Waals surface area contributed by atoms with Gasteiger partial charge in [0.2, 0.25) is 5.91 Å². The number of pyridine rings is 1. The van der Waals surface area contributed by atoms with Gasteiger partial charge in [-0.25, -0.2) is 0 Å². The second kappa shape index (κ2) is 8.05. The lowest BCUT2D eigenvalue weighted by atomic mass is 9.99. The van der Waals surface area contributed by atoms with E-state index in [0.29, 0.717) is 5.56 Å². The number of rotatable bonds is 5. The molecule has 1 aliphatic rings. The SMILES string of the molecule is O=C(CNC(=O)c1ccncc1)NC1CCc2ccc(-c3ccccc3)cc21. The van der Waals surface area contributed by atoms with Crippen LogP contribution in [0.1, 0.15) is 33.9 Å². The topological polar surface area (TPSA) is 71.1 Å². The van der Waals surface area contributed by atoms with Crippen LogP contribution in [-0.4, -0.2) is 23.3 Å². The maximum absolute atomic E-state index is 12.4. The van der Waals surface area contributed by atoms with E-state index in [1.54, 1.807) is 24.5 Å². The van der Waals surface area contributed by atoms with Gasteiger partial charge < -0.3 is 10.6 Å². The zero-order valence-corrected chi connectivity index (χ0v) is 15.4. The average molecular weight is 371 g/mol. The molecule has 4 rings (SSSR count). The molecular formula is C23H21N3O2. The summed E-state index contributed by atoms with van der Waals surface area (Å²) in [6.45, 7) is -0.0502. The van der Waals surface area contributed by atoms with Crippen LogP contribution in [-0.2, 0) is 11.2 Å². The van der Waals surface area contributed by atoms with Crippen molar-refractivity contribution in [2.75, 3.05) is 6.54 Å². The van der Waals surface area contributed by atoms with Crippen LogP contribution >= 0.6 is 0 Å². The summed E-state index contributed by atoms with van der Waals surface area (Å²) < 4.78 is 0. The van der Waals surface area contributed by atoms with Crippen LogP contribution < -0.4 is 10.6 Å². The van der Waals surface area contributed by atoms with E-state index in [1.807, 2.05) is 18.2 Å². The predicted octanol–water partition coefficient (Wildman–Crippen LogP) is 3.28. The fraction of sp³-hybridized carbons (Fsp3) is 0.174. The summed E-state index contributed by atoms with van der Waals surface area (Å²) in [5, 5.41) is 5.71. The van der Waals surface area contributed by atoms with Gasteiger partial charge in [-0.2, -0.15) is 0 Å². The highest BCUT2D eigenvalue weighted by molar-refractivity contribution is 5.96. The first-order valence-corrected chi connectivity index (χ1v) is 9.36. The molecule has 0 saturated heterocycles. The Bertz CT molecular complexity index is 987. The van der Waals surface area contributed by atoms with E-state index < -0.39 is 0 Å². The van der Waals surface area contributed by atoms with Crippen molar-refractivity contribution in [1.82, 2.24) is 15.6 Å². The molecule has 0 bridgehead atoms. The molecule has 3 aromatic rings. The van der Waals surface area contributed by atoms with Gasteiger partial charge in [0.1, 0.15) is 0 Å². The van der Waals surface area contributed by atoms with Crippen LogP contribution in [0.5, 0.6) is 0 Å². The van der Waals surface area contributed by atoms with Crippen LogP contribution in [0.15, 0.2) is 73.1 Å². The van der Waals surface area contributed by atoms with E-state index in [0.717, 1.165) is 29.5 Å². The van der Waals surface area contributed by atoms with Crippen LogP contribution in [0.4, 0.5) is 0 Å². The third-order valence-corrected chi connectivity index (χ3v) is 5.02. The smallest absolute Gasteiger partial charge is 0.251 e. The van der Waals surface area contributed by atoms with Crippen molar-refractivity contribution in [1.29, 1.82) is 0 Å². The number of aryl methyl sites for hydroxylation is 1. The Morgan fingerprint density at radius 2 is 1.75 bits per heavy atom. The van der Waals surface area contributed by atoms with E-state index in [4.69, 9.17) is 0 Å². The average Bonchev–Trinajstić information content (AvgIpc) is 3.15. The van der Waals surface area contributed by atoms with Crippen molar-refractivity contribution < 1.29 is 9.59 Å². The first-order chi connectivity index (χ1) is 13.7. The van der Waals surface area contributed by atoms with Crippen molar-refractivity contribution in [3.63, 3.8) is 0 Å². The molecule has 1 aromatic heterocycles. The summed E-state index contributed by atoms with van der Waals surface area (Å²) in [4.78, 5) is 28.3. The number of nitrogens with one attached hydrogen (secondary N) is 2. The molecule has 1 aliphatic carbocycles. The van der Waals surface area contributed by atoms with E-state index in [9.17, 15) is 9.59 Å². The van der Waals surface area contributed by atoms with Crippen LogP contribution in [0, 0.1) is 0 Å². The van der Waals surface area contributed by atoms with Crippen molar-refractivity contribution in [2.45, 2.75) is 18.9 Å². The lowest BCUT2D eigenvalue weighted by Crippen LogP contribution is -2.38. The third-order valence-electron chi connectivity index (χ3n) is 5.02. The standard InChI is InChI=1S/C23H21N3O2/c27-22(15-25-23(28)18-10-12-24-13-11-18)26-21-9-8-17-6-7-19(14-20(17)21)16-4-2-1-3-5-16/h1-7,10-14,21H,8-9,15H2,(H,25,28)(H,26,27). The third kappa shape index (κ3) is 3.93. The molecule has 5 nitrogen and oxygen atoms in total. The van der Waals surface area contributed by atoms with Crippen LogP contribution in [0.25, 0.3) is 11.1 Å². The first-order valence-electron chi connectivity index (χ1n) is 9.36. The number of carbonyl (C=O) groups is 2. The molecule has 2 N–H and O–H groups in total. The normalized spacial score (nSPS) is 14.9. The highest BCUT2D eigenvalue weighted by Gasteiger charge is 2.24. The number of benzene rings is 2. The zero-order chi connectivity index (χ0) is 19.3. The summed E-state index contributed by atoms with van der Waals surface area (Å²) in [7, 11) is 0. The molecule has 5 heteroatoms. The maximum Gasteiger partial charge on any atom is 0.251 e. The first kappa shape index (κ1) is 17.9. The van der Waals surface area contributed by atoms with E-state index in [2.05, 4.69) is 45.9 Å².